The molecule has 1 aliphatic heterocycles. The molecule has 2 aromatic carbocycles. The number of sulfone groups is 1. The van der Waals surface area contributed by atoms with Gasteiger partial charge in [-0.1, -0.05) is 37.7 Å². The first-order valence-electron chi connectivity index (χ1n) is 9.69. The average Bonchev–Trinajstić information content (AvgIpc) is 3.07. The van der Waals surface area contributed by atoms with Crippen LogP contribution in [0.25, 0.3) is 11.1 Å². The molecule has 1 atom stereocenters. The first-order chi connectivity index (χ1) is 14.4. The van der Waals surface area contributed by atoms with Crippen LogP contribution in [0.2, 0.25) is 0 Å². The van der Waals surface area contributed by atoms with Crippen molar-refractivity contribution in [2.75, 3.05) is 23.0 Å². The Morgan fingerprint density at radius 3 is 2.90 bits per heavy atom. The fourth-order valence-corrected chi connectivity index (χ4v) is 5.98. The monoisotopic (exact) mass is 462 g/mol. The Labute approximate surface area is 184 Å². The van der Waals surface area contributed by atoms with Crippen LogP contribution in [0.15, 0.2) is 61.9 Å². The third-order valence-corrected chi connectivity index (χ3v) is 8.72. The minimum absolute atomic E-state index is 0.00124. The minimum Gasteiger partial charge on any atom is -0.431 e. The maximum absolute atomic E-state index is 13.0. The van der Waals surface area contributed by atoms with Crippen molar-refractivity contribution in [1.29, 1.82) is 0 Å². The van der Waals surface area contributed by atoms with Crippen molar-refractivity contribution >= 4 is 56.1 Å². The van der Waals surface area contributed by atoms with E-state index in [-0.39, 0.29) is 22.3 Å². The summed E-state index contributed by atoms with van der Waals surface area (Å²) < 4.78 is 29.9. The summed E-state index contributed by atoms with van der Waals surface area (Å²) in [4.78, 5) is 20.5. The van der Waals surface area contributed by atoms with Crippen LogP contribution >= 0.6 is 23.5 Å². The highest BCUT2D eigenvalue weighted by Crippen LogP contribution is 2.37. The normalized spacial score (nSPS) is 17.0. The molecule has 1 aromatic heterocycles. The zero-order chi connectivity index (χ0) is 21.3. The van der Waals surface area contributed by atoms with E-state index in [9.17, 15) is 13.2 Å². The van der Waals surface area contributed by atoms with Crippen LogP contribution in [0, 0.1) is 0 Å². The third kappa shape index (κ3) is 4.38. The van der Waals surface area contributed by atoms with E-state index in [1.807, 2.05) is 23.1 Å². The summed E-state index contributed by atoms with van der Waals surface area (Å²) in [7, 11) is -3.31. The van der Waals surface area contributed by atoms with Gasteiger partial charge in [-0.25, -0.2) is 13.4 Å². The second kappa shape index (κ2) is 8.64. The Morgan fingerprint density at radius 1 is 1.30 bits per heavy atom. The molecular formula is C21H22N2O4S3. The van der Waals surface area contributed by atoms with Crippen LogP contribution in [0.5, 0.6) is 0 Å². The van der Waals surface area contributed by atoms with Gasteiger partial charge in [-0.2, -0.15) is 0 Å². The minimum atomic E-state index is -3.31. The number of hydrogen-bond donors (Lipinski definition) is 0. The van der Waals surface area contributed by atoms with Crippen molar-refractivity contribution in [2.24, 2.45) is 0 Å². The van der Waals surface area contributed by atoms with Gasteiger partial charge in [0.2, 0.25) is 5.91 Å². The number of para-hydroxylation sites is 1. The van der Waals surface area contributed by atoms with Gasteiger partial charge in [-0.05, 0) is 36.8 Å². The van der Waals surface area contributed by atoms with Crippen molar-refractivity contribution in [2.45, 2.75) is 40.5 Å². The highest BCUT2D eigenvalue weighted by Gasteiger charge is 2.24. The van der Waals surface area contributed by atoms with Crippen LogP contribution in [0.3, 0.4) is 0 Å². The summed E-state index contributed by atoms with van der Waals surface area (Å²) in [6, 6.07) is 12.6. The van der Waals surface area contributed by atoms with Crippen LogP contribution in [0.1, 0.15) is 20.3 Å². The van der Waals surface area contributed by atoms with Gasteiger partial charge >= 0.3 is 0 Å². The molecule has 158 valence electrons. The molecule has 0 radical (unpaired) electrons. The van der Waals surface area contributed by atoms with Gasteiger partial charge in [0, 0.05) is 16.7 Å². The number of aromatic nitrogens is 1. The number of anilines is 1. The Morgan fingerprint density at radius 2 is 2.10 bits per heavy atom. The Balaban J connectivity index is 1.51. The summed E-state index contributed by atoms with van der Waals surface area (Å²) in [5, 5.41) is 0.803. The van der Waals surface area contributed by atoms with Gasteiger partial charge in [0.05, 0.1) is 22.1 Å². The average molecular weight is 463 g/mol. The SMILES string of the molecule is CCS(=O)(=O)c1ccc2oc(SCC(=O)N3CCC(C)Sc4ccccc43)nc2c1. The van der Waals surface area contributed by atoms with E-state index in [4.69, 9.17) is 4.42 Å². The second-order valence-corrected chi connectivity index (χ2v) is 11.7. The van der Waals surface area contributed by atoms with Crippen molar-refractivity contribution in [3.05, 3.63) is 42.5 Å². The zero-order valence-electron chi connectivity index (χ0n) is 16.7. The van der Waals surface area contributed by atoms with Crippen LogP contribution in [-0.2, 0) is 14.6 Å². The van der Waals surface area contributed by atoms with Gasteiger partial charge in [0.15, 0.2) is 15.4 Å². The number of hydrogen-bond acceptors (Lipinski definition) is 7. The predicted molar refractivity (Wildman–Crippen MR) is 121 cm³/mol. The largest absolute Gasteiger partial charge is 0.431 e. The first-order valence-corrected chi connectivity index (χ1v) is 13.2. The number of amides is 1. The molecule has 6 nitrogen and oxygen atoms in total. The topological polar surface area (TPSA) is 80.5 Å². The predicted octanol–water partition coefficient (Wildman–Crippen LogP) is 4.63. The summed E-state index contributed by atoms with van der Waals surface area (Å²) in [5.74, 6) is 0.222. The molecule has 4 rings (SSSR count). The van der Waals surface area contributed by atoms with Crippen molar-refractivity contribution in [1.82, 2.24) is 4.98 Å². The Hall–Kier alpha value is -1.97. The first kappa shape index (κ1) is 21.3. The molecule has 0 bridgehead atoms. The molecule has 0 saturated heterocycles. The van der Waals surface area contributed by atoms with E-state index >= 15 is 0 Å². The molecule has 0 fully saturated rings. The van der Waals surface area contributed by atoms with Gasteiger partial charge in [-0.15, -0.1) is 11.8 Å². The van der Waals surface area contributed by atoms with Gasteiger partial charge in [0.1, 0.15) is 5.52 Å². The quantitative estimate of drug-likeness (QED) is 0.511. The molecule has 0 N–H and O–H groups in total. The fraction of sp³-hybridized carbons (Fsp3) is 0.333. The van der Waals surface area contributed by atoms with Crippen molar-refractivity contribution in [3.8, 4) is 0 Å². The molecule has 1 aliphatic rings. The number of thioether (sulfide) groups is 2. The molecule has 0 saturated carbocycles. The van der Waals surface area contributed by atoms with Crippen LogP contribution < -0.4 is 4.90 Å². The molecule has 1 unspecified atom stereocenters. The number of fused-ring (bicyclic) bond motifs is 2. The lowest BCUT2D eigenvalue weighted by Gasteiger charge is -2.22. The molecule has 30 heavy (non-hydrogen) atoms. The van der Waals surface area contributed by atoms with Crippen LogP contribution in [-0.4, -0.2) is 42.6 Å². The maximum Gasteiger partial charge on any atom is 0.257 e. The number of carbonyl (C=O) groups excluding carboxylic acids is 1. The zero-order valence-corrected chi connectivity index (χ0v) is 19.1. The number of benzene rings is 2. The summed E-state index contributed by atoms with van der Waals surface area (Å²) in [5.41, 5.74) is 1.93. The lowest BCUT2D eigenvalue weighted by atomic mass is 10.2. The lowest BCUT2D eigenvalue weighted by Crippen LogP contribution is -2.33. The smallest absolute Gasteiger partial charge is 0.257 e. The Bertz CT molecular complexity index is 1190. The standard InChI is InChI=1S/C21H22N2O4S3/c1-3-30(25,26)15-8-9-18-16(12-15)22-21(27-18)28-13-20(24)23-11-10-14(2)29-19-7-5-4-6-17(19)23/h4-9,12,14H,3,10-11,13H2,1-2H3. The number of carbonyl (C=O) groups is 1. The highest BCUT2D eigenvalue weighted by atomic mass is 32.2. The van der Waals surface area contributed by atoms with Gasteiger partial charge in [0.25, 0.3) is 5.22 Å². The molecule has 0 spiro atoms. The molecule has 2 heterocycles. The summed E-state index contributed by atoms with van der Waals surface area (Å²) in [6.07, 6.45) is 0.924. The summed E-state index contributed by atoms with van der Waals surface area (Å²) in [6.45, 7) is 4.46. The lowest BCUT2D eigenvalue weighted by molar-refractivity contribution is -0.116. The van der Waals surface area contributed by atoms with Gasteiger partial charge in [-0.3, -0.25) is 4.79 Å². The van der Waals surface area contributed by atoms with E-state index in [1.165, 1.54) is 23.9 Å². The number of oxazole rings is 1. The molecule has 9 heteroatoms. The molecule has 1 amide bonds. The highest BCUT2D eigenvalue weighted by molar-refractivity contribution is 8.00. The van der Waals surface area contributed by atoms with E-state index < -0.39 is 9.84 Å². The van der Waals surface area contributed by atoms with E-state index in [0.29, 0.717) is 28.1 Å². The second-order valence-electron chi connectivity index (χ2n) is 7.03. The molecular weight excluding hydrogens is 440 g/mol. The van der Waals surface area contributed by atoms with E-state index in [0.717, 1.165) is 17.0 Å². The van der Waals surface area contributed by atoms with Crippen molar-refractivity contribution < 1.29 is 17.6 Å². The Kier molecular flexibility index (Phi) is 6.13. The number of rotatable bonds is 5. The van der Waals surface area contributed by atoms with Crippen LogP contribution in [0.4, 0.5) is 5.69 Å². The molecule has 3 aromatic rings. The molecule has 0 aliphatic carbocycles. The van der Waals surface area contributed by atoms with E-state index in [2.05, 4.69) is 18.0 Å². The van der Waals surface area contributed by atoms with Gasteiger partial charge < -0.3 is 9.32 Å². The third-order valence-electron chi connectivity index (χ3n) is 4.94. The fourth-order valence-electron chi connectivity index (χ4n) is 3.26. The van der Waals surface area contributed by atoms with Crippen molar-refractivity contribution in [3.63, 3.8) is 0 Å². The van der Waals surface area contributed by atoms with E-state index in [1.54, 1.807) is 24.8 Å². The summed E-state index contributed by atoms with van der Waals surface area (Å²) >= 11 is 3.02. The maximum atomic E-state index is 13.0. The number of nitrogens with zero attached hydrogens (tertiary/aromatic N) is 2.